The highest BCUT2D eigenvalue weighted by Gasteiger charge is 2.30. The van der Waals surface area contributed by atoms with E-state index >= 15 is 0 Å². The van der Waals surface area contributed by atoms with Crippen molar-refractivity contribution in [1.82, 2.24) is 0 Å². The molecule has 0 saturated heterocycles. The van der Waals surface area contributed by atoms with Crippen molar-refractivity contribution in [3.8, 4) is 0 Å². The molecule has 0 N–H and O–H groups in total. The molecule has 4 rings (SSSR count). The molecule has 0 fully saturated rings. The Morgan fingerprint density at radius 2 is 1.88 bits per heavy atom. The molecule has 0 spiro atoms. The number of anilines is 1. The van der Waals surface area contributed by atoms with E-state index in [0.29, 0.717) is 12.1 Å². The number of furan rings is 1. The number of fused-ring (bicyclic) bond motifs is 2. The smallest absolute Gasteiger partial charge is 0.375 e. The molecule has 0 radical (unpaired) electrons. The second-order valence-electron chi connectivity index (χ2n) is 6.06. The predicted molar refractivity (Wildman–Crippen MR) is 93.6 cm³/mol. The van der Waals surface area contributed by atoms with E-state index in [1.807, 2.05) is 42.5 Å². The van der Waals surface area contributed by atoms with Crippen molar-refractivity contribution < 1.29 is 18.7 Å². The van der Waals surface area contributed by atoms with Crippen molar-refractivity contribution in [3.05, 3.63) is 65.9 Å². The Bertz CT molecular complexity index is 926. The van der Waals surface area contributed by atoms with E-state index < -0.39 is 12.1 Å². The quantitative estimate of drug-likeness (QED) is 0.687. The van der Waals surface area contributed by atoms with E-state index in [2.05, 4.69) is 0 Å². The Balaban J connectivity index is 1.49. The van der Waals surface area contributed by atoms with Crippen LogP contribution in [0, 0.1) is 0 Å². The largest absolute Gasteiger partial charge is 0.449 e. The highest BCUT2D eigenvalue weighted by Crippen LogP contribution is 2.28. The number of esters is 1. The maximum atomic E-state index is 12.7. The van der Waals surface area contributed by atoms with E-state index in [0.717, 1.165) is 23.1 Å². The molecule has 1 atom stereocenters. The first kappa shape index (κ1) is 15.4. The number of carbonyl (C=O) groups excluding carboxylic acids is 2. The standard InChI is InChI=1S/C20H17NO4/c1-13(19(22)21-11-10-14-6-2-4-8-16(14)21)24-20(23)18-12-15-7-3-5-9-17(15)25-18/h2-9,12-13H,10-11H2,1H3/t13-/m0/s1. The Kier molecular flexibility index (Phi) is 3.76. The molecular weight excluding hydrogens is 318 g/mol. The lowest BCUT2D eigenvalue weighted by atomic mass is 10.2. The summed E-state index contributed by atoms with van der Waals surface area (Å²) in [6, 6.07) is 16.7. The second kappa shape index (κ2) is 6.09. The molecule has 5 nitrogen and oxygen atoms in total. The normalized spacial score (nSPS) is 14.4. The van der Waals surface area contributed by atoms with Gasteiger partial charge >= 0.3 is 5.97 Å². The van der Waals surface area contributed by atoms with Gasteiger partial charge in [-0.3, -0.25) is 4.79 Å². The van der Waals surface area contributed by atoms with Crippen LogP contribution in [0.1, 0.15) is 23.0 Å². The van der Waals surface area contributed by atoms with Gasteiger partial charge in [0, 0.05) is 17.6 Å². The van der Waals surface area contributed by atoms with Gasteiger partial charge in [-0.25, -0.2) is 4.79 Å². The van der Waals surface area contributed by atoms with Gasteiger partial charge in [0.1, 0.15) is 5.58 Å². The molecule has 0 aliphatic carbocycles. The Morgan fingerprint density at radius 3 is 2.72 bits per heavy atom. The molecule has 1 aliphatic rings. The number of hydrogen-bond donors (Lipinski definition) is 0. The zero-order valence-electron chi connectivity index (χ0n) is 13.8. The summed E-state index contributed by atoms with van der Waals surface area (Å²) in [5, 5.41) is 0.821. The van der Waals surface area contributed by atoms with Crippen LogP contribution in [0.15, 0.2) is 59.0 Å². The monoisotopic (exact) mass is 335 g/mol. The second-order valence-corrected chi connectivity index (χ2v) is 6.06. The third-order valence-electron chi connectivity index (χ3n) is 4.41. The third kappa shape index (κ3) is 2.78. The van der Waals surface area contributed by atoms with Crippen LogP contribution in [0.25, 0.3) is 11.0 Å². The zero-order chi connectivity index (χ0) is 17.4. The molecule has 5 heteroatoms. The summed E-state index contributed by atoms with van der Waals surface area (Å²) in [5.41, 5.74) is 2.63. The fraction of sp³-hybridized carbons (Fsp3) is 0.200. The summed E-state index contributed by atoms with van der Waals surface area (Å²) < 4.78 is 10.8. The first-order valence-corrected chi connectivity index (χ1v) is 8.22. The van der Waals surface area contributed by atoms with Crippen LogP contribution in [0.5, 0.6) is 0 Å². The number of para-hydroxylation sites is 2. The van der Waals surface area contributed by atoms with Crippen molar-refractivity contribution in [2.24, 2.45) is 0 Å². The van der Waals surface area contributed by atoms with Gasteiger partial charge in [-0.1, -0.05) is 36.4 Å². The van der Waals surface area contributed by atoms with E-state index in [4.69, 9.17) is 9.15 Å². The van der Waals surface area contributed by atoms with Crippen molar-refractivity contribution in [1.29, 1.82) is 0 Å². The Labute approximate surface area is 144 Å². The van der Waals surface area contributed by atoms with E-state index in [1.54, 1.807) is 24.0 Å². The molecular formula is C20H17NO4. The Hall–Kier alpha value is -3.08. The van der Waals surface area contributed by atoms with Crippen LogP contribution in [0.4, 0.5) is 5.69 Å². The summed E-state index contributed by atoms with van der Waals surface area (Å²) in [7, 11) is 0. The molecule has 0 unspecified atom stereocenters. The lowest BCUT2D eigenvalue weighted by Crippen LogP contribution is -2.39. The first-order chi connectivity index (χ1) is 12.1. The summed E-state index contributed by atoms with van der Waals surface area (Å²) in [6.45, 7) is 2.19. The molecule has 1 amide bonds. The fourth-order valence-corrected chi connectivity index (χ4v) is 3.14. The van der Waals surface area contributed by atoms with Crippen LogP contribution in [0.3, 0.4) is 0 Å². The average Bonchev–Trinajstić information content (AvgIpc) is 3.25. The van der Waals surface area contributed by atoms with Crippen LogP contribution < -0.4 is 4.90 Å². The SMILES string of the molecule is C[C@H](OC(=O)c1cc2ccccc2o1)C(=O)N1CCc2ccccc21. The van der Waals surface area contributed by atoms with E-state index in [1.165, 1.54) is 0 Å². The maximum absolute atomic E-state index is 12.7. The van der Waals surface area contributed by atoms with Crippen molar-refractivity contribution >= 4 is 28.5 Å². The molecule has 0 bridgehead atoms. The van der Waals surface area contributed by atoms with Crippen molar-refractivity contribution in [3.63, 3.8) is 0 Å². The predicted octanol–water partition coefficient (Wildman–Crippen LogP) is 3.57. The molecule has 1 aromatic heterocycles. The van der Waals surface area contributed by atoms with Gasteiger partial charge in [-0.2, -0.15) is 0 Å². The Morgan fingerprint density at radius 1 is 1.12 bits per heavy atom. The summed E-state index contributed by atoms with van der Waals surface area (Å²) in [4.78, 5) is 26.6. The number of ether oxygens (including phenoxy) is 1. The van der Waals surface area contributed by atoms with Gasteiger partial charge in [-0.05, 0) is 37.1 Å². The minimum absolute atomic E-state index is 0.0997. The minimum atomic E-state index is -0.883. The van der Waals surface area contributed by atoms with Gasteiger partial charge in [0.25, 0.3) is 5.91 Å². The van der Waals surface area contributed by atoms with E-state index in [-0.39, 0.29) is 11.7 Å². The summed E-state index contributed by atoms with van der Waals surface area (Å²) in [6.07, 6.45) is -0.0709. The summed E-state index contributed by atoms with van der Waals surface area (Å²) in [5.74, 6) is -0.762. The molecule has 2 heterocycles. The van der Waals surface area contributed by atoms with Crippen molar-refractivity contribution in [2.75, 3.05) is 11.4 Å². The zero-order valence-corrected chi connectivity index (χ0v) is 13.8. The highest BCUT2D eigenvalue weighted by molar-refractivity contribution is 6.00. The topological polar surface area (TPSA) is 59.8 Å². The molecule has 2 aromatic carbocycles. The summed E-state index contributed by atoms with van der Waals surface area (Å²) >= 11 is 0. The van der Waals surface area contributed by atoms with Gasteiger partial charge in [0.05, 0.1) is 0 Å². The highest BCUT2D eigenvalue weighted by atomic mass is 16.6. The molecule has 1 aliphatic heterocycles. The fourth-order valence-electron chi connectivity index (χ4n) is 3.14. The van der Waals surface area contributed by atoms with Gasteiger partial charge in [0.15, 0.2) is 6.10 Å². The minimum Gasteiger partial charge on any atom is -0.449 e. The van der Waals surface area contributed by atoms with Gasteiger partial charge < -0.3 is 14.1 Å². The molecule has 0 saturated carbocycles. The maximum Gasteiger partial charge on any atom is 0.375 e. The lowest BCUT2D eigenvalue weighted by Gasteiger charge is -2.21. The lowest BCUT2D eigenvalue weighted by molar-refractivity contribution is -0.126. The number of carbonyl (C=O) groups is 2. The molecule has 3 aromatic rings. The van der Waals surface area contributed by atoms with Crippen LogP contribution in [0.2, 0.25) is 0 Å². The molecule has 126 valence electrons. The molecule has 25 heavy (non-hydrogen) atoms. The van der Waals surface area contributed by atoms with Gasteiger partial charge in [0.2, 0.25) is 5.76 Å². The number of nitrogens with zero attached hydrogens (tertiary/aromatic N) is 1. The van der Waals surface area contributed by atoms with Crippen LogP contribution >= 0.6 is 0 Å². The number of hydrogen-bond acceptors (Lipinski definition) is 4. The first-order valence-electron chi connectivity index (χ1n) is 8.22. The third-order valence-corrected chi connectivity index (χ3v) is 4.41. The average molecular weight is 335 g/mol. The number of rotatable bonds is 3. The van der Waals surface area contributed by atoms with Gasteiger partial charge in [-0.15, -0.1) is 0 Å². The number of benzene rings is 2. The number of amides is 1. The van der Waals surface area contributed by atoms with Crippen molar-refractivity contribution in [2.45, 2.75) is 19.4 Å². The van der Waals surface area contributed by atoms with E-state index in [9.17, 15) is 9.59 Å². The van der Waals surface area contributed by atoms with Crippen LogP contribution in [-0.2, 0) is 16.0 Å². The van der Waals surface area contributed by atoms with Crippen LogP contribution in [-0.4, -0.2) is 24.5 Å².